The molecule has 2 fully saturated rings. The van der Waals surface area contributed by atoms with Crippen LogP contribution in [0.4, 0.5) is 0 Å². The van der Waals surface area contributed by atoms with Gasteiger partial charge in [0.25, 0.3) is 0 Å². The van der Waals surface area contributed by atoms with Crippen LogP contribution < -0.4 is 0 Å². The molecule has 1 saturated heterocycles. The highest BCUT2D eigenvalue weighted by Gasteiger charge is 2.37. The number of hydrogen-bond acceptors (Lipinski definition) is 1. The van der Waals surface area contributed by atoms with Gasteiger partial charge < -0.3 is 4.74 Å². The molecule has 20 heavy (non-hydrogen) atoms. The molecular formula is C18H33BrO. The second kappa shape index (κ2) is 7.13. The Balaban J connectivity index is 1.76. The van der Waals surface area contributed by atoms with E-state index in [0.29, 0.717) is 16.9 Å². The predicted octanol–water partition coefficient (Wildman–Crippen LogP) is 5.95. The number of hydrogen-bond donors (Lipinski definition) is 0. The zero-order valence-electron chi connectivity index (χ0n) is 13.7. The molecular weight excluding hydrogens is 312 g/mol. The first kappa shape index (κ1) is 16.8. The molecule has 0 amide bonds. The monoisotopic (exact) mass is 344 g/mol. The summed E-state index contributed by atoms with van der Waals surface area (Å²) in [4.78, 5) is 0. The summed E-state index contributed by atoms with van der Waals surface area (Å²) < 4.78 is 5.76. The van der Waals surface area contributed by atoms with Gasteiger partial charge in [-0.3, -0.25) is 0 Å². The predicted molar refractivity (Wildman–Crippen MR) is 90.5 cm³/mol. The van der Waals surface area contributed by atoms with E-state index in [4.69, 9.17) is 4.74 Å². The van der Waals surface area contributed by atoms with E-state index < -0.39 is 0 Å². The standard InChI is InChI=1S/C18H33BrO/c1-17(2,3)15-8-11-18(14-19,12-9-15)10-4-6-16-7-5-13-20-16/h15-16H,4-14H2,1-3H3. The Kier molecular flexibility index (Phi) is 5.99. The van der Waals surface area contributed by atoms with E-state index in [1.165, 1.54) is 63.1 Å². The average Bonchev–Trinajstić information content (AvgIpc) is 2.91. The number of halogens is 1. The lowest BCUT2D eigenvalue weighted by Crippen LogP contribution is -2.33. The normalized spacial score (nSPS) is 35.4. The quantitative estimate of drug-likeness (QED) is 0.559. The molecule has 2 aliphatic rings. The Bertz CT molecular complexity index is 280. The van der Waals surface area contributed by atoms with Gasteiger partial charge in [0, 0.05) is 11.9 Å². The zero-order valence-corrected chi connectivity index (χ0v) is 15.3. The fourth-order valence-corrected chi connectivity index (χ4v) is 4.96. The lowest BCUT2D eigenvalue weighted by molar-refractivity contribution is 0.0792. The van der Waals surface area contributed by atoms with Gasteiger partial charge in [-0.25, -0.2) is 0 Å². The van der Waals surface area contributed by atoms with Crippen molar-refractivity contribution >= 4 is 15.9 Å². The van der Waals surface area contributed by atoms with Crippen LogP contribution in [0.1, 0.15) is 78.6 Å². The molecule has 1 atom stereocenters. The van der Waals surface area contributed by atoms with Crippen molar-refractivity contribution in [3.63, 3.8) is 0 Å². The molecule has 2 rings (SSSR count). The van der Waals surface area contributed by atoms with E-state index in [1.54, 1.807) is 0 Å². The van der Waals surface area contributed by atoms with Gasteiger partial charge in [0.2, 0.25) is 0 Å². The lowest BCUT2D eigenvalue weighted by Gasteiger charge is -2.43. The summed E-state index contributed by atoms with van der Waals surface area (Å²) in [5, 5.41) is 1.20. The molecule has 0 aromatic heterocycles. The summed E-state index contributed by atoms with van der Waals surface area (Å²) in [5.41, 5.74) is 1.08. The van der Waals surface area contributed by atoms with E-state index >= 15 is 0 Å². The van der Waals surface area contributed by atoms with Crippen LogP contribution in [0.5, 0.6) is 0 Å². The number of rotatable bonds is 5. The summed E-state index contributed by atoms with van der Waals surface area (Å²) in [7, 11) is 0. The van der Waals surface area contributed by atoms with E-state index in [0.717, 1.165) is 12.5 Å². The molecule has 1 nitrogen and oxygen atoms in total. The van der Waals surface area contributed by atoms with Crippen LogP contribution in [-0.4, -0.2) is 18.0 Å². The van der Waals surface area contributed by atoms with Gasteiger partial charge in [-0.1, -0.05) is 43.1 Å². The molecule has 0 aromatic rings. The summed E-state index contributed by atoms with van der Waals surface area (Å²) in [6.45, 7) is 8.24. The highest BCUT2D eigenvalue weighted by Crippen LogP contribution is 2.48. The summed E-state index contributed by atoms with van der Waals surface area (Å²) in [6, 6.07) is 0. The largest absolute Gasteiger partial charge is 0.378 e. The van der Waals surface area contributed by atoms with Crippen LogP contribution in [-0.2, 0) is 4.74 Å². The molecule has 0 bridgehead atoms. The number of alkyl halides is 1. The van der Waals surface area contributed by atoms with E-state index in [-0.39, 0.29) is 0 Å². The summed E-state index contributed by atoms with van der Waals surface area (Å²) in [6.07, 6.45) is 12.9. The van der Waals surface area contributed by atoms with Crippen molar-refractivity contribution in [1.29, 1.82) is 0 Å². The molecule has 0 spiro atoms. The smallest absolute Gasteiger partial charge is 0.0576 e. The maximum Gasteiger partial charge on any atom is 0.0576 e. The molecule has 1 unspecified atom stereocenters. The van der Waals surface area contributed by atoms with Gasteiger partial charge >= 0.3 is 0 Å². The Morgan fingerprint density at radius 2 is 1.85 bits per heavy atom. The molecule has 1 saturated carbocycles. The van der Waals surface area contributed by atoms with Gasteiger partial charge in [0.15, 0.2) is 0 Å². The highest BCUT2D eigenvalue weighted by atomic mass is 79.9. The molecule has 1 aliphatic heterocycles. The van der Waals surface area contributed by atoms with Gasteiger partial charge in [0.05, 0.1) is 6.10 Å². The maximum atomic E-state index is 5.76. The third-order valence-electron chi connectivity index (χ3n) is 5.81. The second-order valence-corrected chi connectivity index (χ2v) is 8.86. The first-order valence-corrected chi connectivity index (χ1v) is 9.75. The van der Waals surface area contributed by atoms with Crippen LogP contribution in [0.3, 0.4) is 0 Å². The molecule has 1 heterocycles. The zero-order chi connectivity index (χ0) is 14.6. The minimum atomic E-state index is 0.496. The number of ether oxygens (including phenoxy) is 1. The minimum Gasteiger partial charge on any atom is -0.378 e. The fraction of sp³-hybridized carbons (Fsp3) is 1.00. The van der Waals surface area contributed by atoms with Gasteiger partial charge in [0.1, 0.15) is 0 Å². The van der Waals surface area contributed by atoms with Crippen molar-refractivity contribution in [3.05, 3.63) is 0 Å². The fourth-order valence-electron chi connectivity index (χ4n) is 4.12. The average molecular weight is 345 g/mol. The van der Waals surface area contributed by atoms with Gasteiger partial charge in [-0.05, 0) is 68.1 Å². The van der Waals surface area contributed by atoms with Gasteiger partial charge in [-0.15, -0.1) is 0 Å². The maximum absolute atomic E-state index is 5.76. The third kappa shape index (κ3) is 4.47. The van der Waals surface area contributed by atoms with Crippen molar-refractivity contribution in [1.82, 2.24) is 0 Å². The van der Waals surface area contributed by atoms with Crippen LogP contribution in [0, 0.1) is 16.7 Å². The van der Waals surface area contributed by atoms with Crippen molar-refractivity contribution in [2.75, 3.05) is 11.9 Å². The first-order valence-electron chi connectivity index (χ1n) is 8.63. The van der Waals surface area contributed by atoms with E-state index in [2.05, 4.69) is 36.7 Å². The topological polar surface area (TPSA) is 9.23 Å². The van der Waals surface area contributed by atoms with Crippen LogP contribution in [0.15, 0.2) is 0 Å². The molecule has 0 radical (unpaired) electrons. The Morgan fingerprint density at radius 1 is 1.15 bits per heavy atom. The molecule has 0 aromatic carbocycles. The third-order valence-corrected chi connectivity index (χ3v) is 7.00. The minimum absolute atomic E-state index is 0.496. The highest BCUT2D eigenvalue weighted by molar-refractivity contribution is 9.09. The first-order chi connectivity index (χ1) is 9.45. The van der Waals surface area contributed by atoms with E-state index in [1.807, 2.05) is 0 Å². The Hall–Kier alpha value is 0.440. The van der Waals surface area contributed by atoms with Crippen LogP contribution in [0.2, 0.25) is 0 Å². The summed E-state index contributed by atoms with van der Waals surface area (Å²) >= 11 is 3.82. The Morgan fingerprint density at radius 3 is 2.35 bits per heavy atom. The molecule has 118 valence electrons. The van der Waals surface area contributed by atoms with Crippen molar-refractivity contribution in [3.8, 4) is 0 Å². The molecule has 1 aliphatic carbocycles. The lowest BCUT2D eigenvalue weighted by atomic mass is 9.63. The van der Waals surface area contributed by atoms with Crippen molar-refractivity contribution < 1.29 is 4.74 Å². The SMILES string of the molecule is CC(C)(C)C1CCC(CBr)(CCCC2CCCO2)CC1. The van der Waals surface area contributed by atoms with Crippen LogP contribution >= 0.6 is 15.9 Å². The molecule has 2 heteroatoms. The Labute approximate surface area is 134 Å². The van der Waals surface area contributed by atoms with Crippen molar-refractivity contribution in [2.24, 2.45) is 16.7 Å². The van der Waals surface area contributed by atoms with Crippen molar-refractivity contribution in [2.45, 2.75) is 84.7 Å². The van der Waals surface area contributed by atoms with Crippen LogP contribution in [0.25, 0.3) is 0 Å². The second-order valence-electron chi connectivity index (χ2n) is 8.30. The van der Waals surface area contributed by atoms with E-state index in [9.17, 15) is 0 Å². The van der Waals surface area contributed by atoms with Gasteiger partial charge in [-0.2, -0.15) is 0 Å². The molecule has 0 N–H and O–H groups in total. The summed E-state index contributed by atoms with van der Waals surface area (Å²) in [5.74, 6) is 0.924.